The summed E-state index contributed by atoms with van der Waals surface area (Å²) in [5.41, 5.74) is 0.919. The summed E-state index contributed by atoms with van der Waals surface area (Å²) in [6.07, 6.45) is -0.495. The normalized spacial score (nSPS) is 18.2. The van der Waals surface area contributed by atoms with Gasteiger partial charge in [0, 0.05) is 18.8 Å². The average molecular weight is 222 g/mol. The fourth-order valence-corrected chi connectivity index (χ4v) is 2.46. The van der Waals surface area contributed by atoms with Crippen molar-refractivity contribution in [2.24, 2.45) is 0 Å². The molecule has 0 aromatic heterocycles. The lowest BCUT2D eigenvalue weighted by Crippen LogP contribution is -2.28. The highest BCUT2D eigenvalue weighted by atomic mass is 32.2. The number of benzene rings is 1. The number of hydrogen-bond acceptors (Lipinski definition) is 3. The van der Waals surface area contributed by atoms with Crippen molar-refractivity contribution in [1.29, 1.82) is 5.41 Å². The second kappa shape index (κ2) is 4.68. The molecule has 3 nitrogen and oxygen atoms in total. The van der Waals surface area contributed by atoms with Gasteiger partial charge in [0.2, 0.25) is 0 Å². The monoisotopic (exact) mass is 222 g/mol. The third kappa shape index (κ3) is 2.52. The van der Waals surface area contributed by atoms with Gasteiger partial charge >= 0.3 is 0 Å². The van der Waals surface area contributed by atoms with Gasteiger partial charge in [-0.25, -0.2) is 0 Å². The van der Waals surface area contributed by atoms with Gasteiger partial charge in [-0.2, -0.15) is 0 Å². The van der Waals surface area contributed by atoms with Crippen molar-refractivity contribution in [3.05, 3.63) is 35.9 Å². The van der Waals surface area contributed by atoms with E-state index in [0.717, 1.165) is 17.9 Å². The van der Waals surface area contributed by atoms with Crippen molar-refractivity contribution in [1.82, 2.24) is 4.90 Å². The van der Waals surface area contributed by atoms with E-state index >= 15 is 0 Å². The van der Waals surface area contributed by atoms with E-state index in [1.54, 1.807) is 11.8 Å². The van der Waals surface area contributed by atoms with E-state index < -0.39 is 6.10 Å². The lowest BCUT2D eigenvalue weighted by Gasteiger charge is -2.20. The lowest BCUT2D eigenvalue weighted by atomic mass is 10.1. The van der Waals surface area contributed by atoms with Crippen molar-refractivity contribution in [3.8, 4) is 0 Å². The number of β-amino-alcohol motifs (C(OH)–C–C–N with tert-alkyl or cyclic N) is 1. The zero-order valence-electron chi connectivity index (χ0n) is 8.39. The van der Waals surface area contributed by atoms with Crippen molar-refractivity contribution in [2.45, 2.75) is 6.10 Å². The van der Waals surface area contributed by atoms with Gasteiger partial charge < -0.3 is 10.0 Å². The second-order valence-electron chi connectivity index (χ2n) is 3.53. The Balaban J connectivity index is 1.98. The van der Waals surface area contributed by atoms with Gasteiger partial charge in [-0.15, -0.1) is 0 Å². The molecular formula is C11H14N2OS. The van der Waals surface area contributed by atoms with Gasteiger partial charge in [-0.05, 0) is 5.56 Å². The number of nitrogens with zero attached hydrogens (tertiary/aromatic N) is 1. The molecule has 0 bridgehead atoms. The van der Waals surface area contributed by atoms with E-state index in [1.165, 1.54) is 0 Å². The van der Waals surface area contributed by atoms with E-state index in [-0.39, 0.29) is 0 Å². The molecule has 1 aromatic rings. The highest BCUT2D eigenvalue weighted by molar-refractivity contribution is 8.14. The van der Waals surface area contributed by atoms with Crippen LogP contribution >= 0.6 is 11.8 Å². The van der Waals surface area contributed by atoms with Crippen LogP contribution in [0.5, 0.6) is 0 Å². The molecule has 2 N–H and O–H groups in total. The van der Waals surface area contributed by atoms with Gasteiger partial charge in [-0.1, -0.05) is 42.1 Å². The molecule has 0 saturated carbocycles. The van der Waals surface area contributed by atoms with Crippen LogP contribution in [0.25, 0.3) is 0 Å². The summed E-state index contributed by atoms with van der Waals surface area (Å²) in [7, 11) is 0. The fraction of sp³-hybridized carbons (Fsp3) is 0.364. The minimum absolute atomic E-state index is 0.495. The van der Waals surface area contributed by atoms with Crippen LogP contribution in [0.2, 0.25) is 0 Å². The van der Waals surface area contributed by atoms with Gasteiger partial charge in [0.15, 0.2) is 5.17 Å². The molecule has 0 spiro atoms. The Morgan fingerprint density at radius 2 is 2.13 bits per heavy atom. The minimum atomic E-state index is -0.495. The van der Waals surface area contributed by atoms with Crippen LogP contribution in [-0.2, 0) is 0 Å². The van der Waals surface area contributed by atoms with E-state index in [4.69, 9.17) is 5.41 Å². The van der Waals surface area contributed by atoms with Gasteiger partial charge in [0.1, 0.15) is 0 Å². The minimum Gasteiger partial charge on any atom is -0.387 e. The topological polar surface area (TPSA) is 47.3 Å². The number of nitrogens with one attached hydrogen (secondary N) is 1. The predicted molar refractivity (Wildman–Crippen MR) is 63.2 cm³/mol. The van der Waals surface area contributed by atoms with Gasteiger partial charge in [-0.3, -0.25) is 5.41 Å². The summed E-state index contributed by atoms with van der Waals surface area (Å²) in [5, 5.41) is 18.2. The molecule has 0 radical (unpaired) electrons. The summed E-state index contributed by atoms with van der Waals surface area (Å²) in [5.74, 6) is 0.959. The molecule has 80 valence electrons. The van der Waals surface area contributed by atoms with Crippen LogP contribution in [0.4, 0.5) is 0 Å². The van der Waals surface area contributed by atoms with E-state index in [1.807, 2.05) is 35.2 Å². The molecule has 1 fully saturated rings. The fourth-order valence-electron chi connectivity index (χ4n) is 1.61. The van der Waals surface area contributed by atoms with Crippen LogP contribution in [0, 0.1) is 5.41 Å². The SMILES string of the molecule is N=C1SCCN1C[C@@H](O)c1ccccc1. The number of aliphatic hydroxyl groups excluding tert-OH is 1. The number of aliphatic hydroxyl groups is 1. The molecule has 1 heterocycles. The molecule has 15 heavy (non-hydrogen) atoms. The summed E-state index contributed by atoms with van der Waals surface area (Å²) < 4.78 is 0. The smallest absolute Gasteiger partial charge is 0.156 e. The standard InChI is InChI=1S/C11H14N2OS/c12-11-13(6-7-15-11)8-10(14)9-4-2-1-3-5-9/h1-5,10,12,14H,6-8H2/t10-/m1/s1. The van der Waals surface area contributed by atoms with Gasteiger partial charge in [0.05, 0.1) is 6.10 Å². The number of thioether (sulfide) groups is 1. The first kappa shape index (κ1) is 10.5. The zero-order chi connectivity index (χ0) is 10.7. The Morgan fingerprint density at radius 3 is 2.73 bits per heavy atom. The molecular weight excluding hydrogens is 208 g/mol. The third-order valence-corrected chi connectivity index (χ3v) is 3.38. The van der Waals surface area contributed by atoms with E-state index in [9.17, 15) is 5.11 Å². The molecule has 0 amide bonds. The Bertz CT molecular complexity index is 342. The first-order valence-corrected chi connectivity index (χ1v) is 5.95. The average Bonchev–Trinajstić information content (AvgIpc) is 2.66. The number of hydrogen-bond donors (Lipinski definition) is 2. The highest BCUT2D eigenvalue weighted by Crippen LogP contribution is 2.20. The van der Waals surface area contributed by atoms with E-state index in [2.05, 4.69) is 0 Å². The number of amidine groups is 1. The Kier molecular flexibility index (Phi) is 3.28. The Hall–Kier alpha value is -1.00. The van der Waals surface area contributed by atoms with E-state index in [0.29, 0.717) is 11.7 Å². The van der Waals surface area contributed by atoms with Crippen molar-refractivity contribution >= 4 is 16.9 Å². The largest absolute Gasteiger partial charge is 0.387 e. The molecule has 1 aromatic carbocycles. The molecule has 1 atom stereocenters. The zero-order valence-corrected chi connectivity index (χ0v) is 9.20. The lowest BCUT2D eigenvalue weighted by molar-refractivity contribution is 0.148. The number of rotatable bonds is 3. The molecule has 1 aliphatic rings. The predicted octanol–water partition coefficient (Wildman–Crippen LogP) is 1.70. The van der Waals surface area contributed by atoms with Crippen LogP contribution < -0.4 is 0 Å². The molecule has 4 heteroatoms. The maximum Gasteiger partial charge on any atom is 0.156 e. The quantitative estimate of drug-likeness (QED) is 0.818. The van der Waals surface area contributed by atoms with Crippen molar-refractivity contribution in [2.75, 3.05) is 18.8 Å². The molecule has 0 unspecified atom stereocenters. The van der Waals surface area contributed by atoms with Crippen LogP contribution in [0.15, 0.2) is 30.3 Å². The van der Waals surface area contributed by atoms with Crippen LogP contribution in [-0.4, -0.2) is 34.0 Å². The first-order valence-electron chi connectivity index (χ1n) is 4.96. The second-order valence-corrected chi connectivity index (χ2v) is 4.61. The summed E-state index contributed by atoms with van der Waals surface area (Å²) in [6, 6.07) is 9.60. The van der Waals surface area contributed by atoms with Gasteiger partial charge in [0.25, 0.3) is 0 Å². The maximum absolute atomic E-state index is 9.95. The molecule has 2 rings (SSSR count). The van der Waals surface area contributed by atoms with Crippen molar-refractivity contribution in [3.63, 3.8) is 0 Å². The summed E-state index contributed by atoms with van der Waals surface area (Å²) in [6.45, 7) is 1.39. The Labute approximate surface area is 93.6 Å². The van der Waals surface area contributed by atoms with Crippen LogP contribution in [0.3, 0.4) is 0 Å². The molecule has 1 saturated heterocycles. The molecule has 1 aliphatic heterocycles. The van der Waals surface area contributed by atoms with Crippen molar-refractivity contribution < 1.29 is 5.11 Å². The Morgan fingerprint density at radius 1 is 1.40 bits per heavy atom. The summed E-state index contributed by atoms with van der Waals surface area (Å²) in [4.78, 5) is 1.92. The highest BCUT2D eigenvalue weighted by Gasteiger charge is 2.20. The molecule has 0 aliphatic carbocycles. The summed E-state index contributed by atoms with van der Waals surface area (Å²) >= 11 is 1.54. The third-order valence-electron chi connectivity index (χ3n) is 2.46. The first-order chi connectivity index (χ1) is 7.27. The van der Waals surface area contributed by atoms with Crippen LogP contribution in [0.1, 0.15) is 11.7 Å². The maximum atomic E-state index is 9.95.